The molecule has 1 unspecified atom stereocenters. The maximum atomic E-state index is 12.5. The van der Waals surface area contributed by atoms with E-state index in [1.54, 1.807) is 0 Å². The molecule has 22 heavy (non-hydrogen) atoms. The number of anilines is 1. The number of nitrogens with zero attached hydrogens (tertiary/aromatic N) is 2. The highest BCUT2D eigenvalue weighted by Crippen LogP contribution is 2.24. The number of aryl methyl sites for hydroxylation is 2. The number of amides is 1. The Morgan fingerprint density at radius 2 is 2.09 bits per heavy atom. The Hall–Kier alpha value is -2.36. The molecule has 114 valence electrons. The number of carbonyl (C=O) groups excluding carboxylic acids is 1. The molecule has 1 N–H and O–H groups in total. The predicted molar refractivity (Wildman–Crippen MR) is 88.1 cm³/mol. The Balaban J connectivity index is 1.87. The Morgan fingerprint density at radius 1 is 1.27 bits per heavy atom. The van der Waals surface area contributed by atoms with Crippen molar-refractivity contribution >= 4 is 11.6 Å². The fraction of sp³-hybridized carbons (Fsp3) is 0.333. The van der Waals surface area contributed by atoms with Crippen LogP contribution in [0, 0.1) is 19.8 Å². The number of carbonyl (C=O) groups is 1. The highest BCUT2D eigenvalue weighted by molar-refractivity contribution is 5.94. The van der Waals surface area contributed by atoms with E-state index in [1.165, 1.54) is 0 Å². The number of aromatic nitrogens is 2. The number of hydrogen-bond donors (Lipinski definition) is 1. The van der Waals surface area contributed by atoms with Crippen LogP contribution < -0.4 is 5.32 Å². The van der Waals surface area contributed by atoms with Crippen LogP contribution in [0.4, 0.5) is 5.69 Å². The van der Waals surface area contributed by atoms with Gasteiger partial charge in [0.1, 0.15) is 0 Å². The third-order valence-electron chi connectivity index (χ3n) is 4.04. The van der Waals surface area contributed by atoms with Gasteiger partial charge in [-0.3, -0.25) is 4.79 Å². The first-order valence-electron chi connectivity index (χ1n) is 7.73. The third-order valence-corrected chi connectivity index (χ3v) is 4.04. The second-order valence-corrected chi connectivity index (χ2v) is 5.83. The number of benzene rings is 1. The minimum absolute atomic E-state index is 0.0681. The molecule has 0 fully saturated rings. The molecule has 4 nitrogen and oxygen atoms in total. The largest absolute Gasteiger partial charge is 0.324 e. The zero-order chi connectivity index (χ0) is 15.5. The second kappa shape index (κ2) is 6.18. The summed E-state index contributed by atoms with van der Waals surface area (Å²) < 4.78 is 1.88. The molecule has 4 heteroatoms. The van der Waals surface area contributed by atoms with E-state index in [9.17, 15) is 4.79 Å². The van der Waals surface area contributed by atoms with Gasteiger partial charge >= 0.3 is 0 Å². The monoisotopic (exact) mass is 295 g/mol. The third kappa shape index (κ3) is 2.96. The fourth-order valence-corrected chi connectivity index (χ4v) is 2.90. The fourth-order valence-electron chi connectivity index (χ4n) is 2.90. The lowest BCUT2D eigenvalue weighted by atomic mass is 9.93. The number of hydrogen-bond acceptors (Lipinski definition) is 2. The van der Waals surface area contributed by atoms with Gasteiger partial charge < -0.3 is 5.32 Å². The van der Waals surface area contributed by atoms with Crippen molar-refractivity contribution in [3.63, 3.8) is 0 Å². The molecule has 1 aliphatic carbocycles. The number of nitrogens with one attached hydrogen (secondary N) is 1. The van der Waals surface area contributed by atoms with Gasteiger partial charge in [0.15, 0.2) is 0 Å². The van der Waals surface area contributed by atoms with Crippen LogP contribution in [0.1, 0.15) is 30.7 Å². The Bertz CT molecular complexity index is 715. The van der Waals surface area contributed by atoms with Gasteiger partial charge in [-0.15, -0.1) is 0 Å². The van der Waals surface area contributed by atoms with Gasteiger partial charge in [-0.2, -0.15) is 5.10 Å². The minimum Gasteiger partial charge on any atom is -0.324 e. The maximum Gasteiger partial charge on any atom is 0.227 e. The van der Waals surface area contributed by atoms with Gasteiger partial charge in [-0.25, -0.2) is 4.68 Å². The average Bonchev–Trinajstić information content (AvgIpc) is 2.87. The normalized spacial score (nSPS) is 17.5. The quantitative estimate of drug-likeness (QED) is 0.876. The van der Waals surface area contributed by atoms with Gasteiger partial charge in [-0.1, -0.05) is 24.3 Å². The molecule has 1 aromatic heterocycles. The van der Waals surface area contributed by atoms with Gasteiger partial charge in [0.05, 0.1) is 17.1 Å². The SMILES string of the molecule is Cc1cc(C)n(-c2ccccc2NC(=O)C2CC=CCC2)n1. The van der Waals surface area contributed by atoms with Gasteiger partial charge in [0.2, 0.25) is 5.91 Å². The molecule has 0 spiro atoms. The first-order chi connectivity index (χ1) is 10.6. The second-order valence-electron chi connectivity index (χ2n) is 5.83. The molecule has 0 saturated heterocycles. The highest BCUT2D eigenvalue weighted by Gasteiger charge is 2.20. The van der Waals surface area contributed by atoms with Crippen molar-refractivity contribution in [2.75, 3.05) is 5.32 Å². The van der Waals surface area contributed by atoms with Gasteiger partial charge in [0.25, 0.3) is 0 Å². The van der Waals surface area contributed by atoms with E-state index in [1.807, 2.05) is 48.9 Å². The van der Waals surface area contributed by atoms with Crippen molar-refractivity contribution in [2.45, 2.75) is 33.1 Å². The molecule has 0 radical (unpaired) electrons. The summed E-state index contributed by atoms with van der Waals surface area (Å²) >= 11 is 0. The van der Waals surface area contributed by atoms with Gasteiger partial charge in [-0.05, 0) is 51.3 Å². The number of rotatable bonds is 3. The smallest absolute Gasteiger partial charge is 0.227 e. The standard InChI is InChI=1S/C18H21N3O/c1-13-12-14(2)21(20-13)17-11-7-6-10-16(17)19-18(22)15-8-4-3-5-9-15/h3-4,6-7,10-12,15H,5,8-9H2,1-2H3,(H,19,22). The van der Waals surface area contributed by atoms with Crippen LogP contribution in [0.25, 0.3) is 5.69 Å². The summed E-state index contributed by atoms with van der Waals surface area (Å²) in [6.45, 7) is 3.99. The van der Waals surface area contributed by atoms with Crippen LogP contribution in [-0.2, 0) is 4.79 Å². The number of para-hydroxylation sites is 2. The molecule has 3 rings (SSSR count). The lowest BCUT2D eigenvalue weighted by molar-refractivity contribution is -0.120. The van der Waals surface area contributed by atoms with Gasteiger partial charge in [0, 0.05) is 11.6 Å². The number of allylic oxidation sites excluding steroid dienone is 2. The first kappa shape index (κ1) is 14.6. The summed E-state index contributed by atoms with van der Waals surface area (Å²) in [5.74, 6) is 0.164. The van der Waals surface area contributed by atoms with Crippen LogP contribution in [0.15, 0.2) is 42.5 Å². The summed E-state index contributed by atoms with van der Waals surface area (Å²) in [6.07, 6.45) is 6.98. The molecule has 1 atom stereocenters. The Morgan fingerprint density at radius 3 is 2.77 bits per heavy atom. The summed E-state index contributed by atoms with van der Waals surface area (Å²) in [5.41, 5.74) is 3.75. The highest BCUT2D eigenvalue weighted by atomic mass is 16.1. The summed E-state index contributed by atoms with van der Waals surface area (Å²) in [4.78, 5) is 12.5. The topological polar surface area (TPSA) is 46.9 Å². The molecule has 1 amide bonds. The first-order valence-corrected chi connectivity index (χ1v) is 7.73. The van der Waals surface area contributed by atoms with Crippen molar-refractivity contribution in [3.8, 4) is 5.69 Å². The van der Waals surface area contributed by atoms with Crippen LogP contribution in [0.5, 0.6) is 0 Å². The Kier molecular flexibility index (Phi) is 4.09. The Labute approximate surface area is 130 Å². The van der Waals surface area contributed by atoms with Crippen LogP contribution >= 0.6 is 0 Å². The van der Waals surface area contributed by atoms with Crippen molar-refractivity contribution in [2.24, 2.45) is 5.92 Å². The van der Waals surface area contributed by atoms with E-state index >= 15 is 0 Å². The average molecular weight is 295 g/mol. The zero-order valence-corrected chi connectivity index (χ0v) is 13.0. The lowest BCUT2D eigenvalue weighted by Gasteiger charge is -2.19. The molecule has 2 aromatic rings. The predicted octanol–water partition coefficient (Wildman–Crippen LogP) is 3.78. The molecule has 1 heterocycles. The molecule has 0 aliphatic heterocycles. The van der Waals surface area contributed by atoms with Crippen LogP contribution in [0.3, 0.4) is 0 Å². The van der Waals surface area contributed by atoms with E-state index < -0.39 is 0 Å². The maximum absolute atomic E-state index is 12.5. The van der Waals surface area contributed by atoms with E-state index in [4.69, 9.17) is 0 Å². The summed E-state index contributed by atoms with van der Waals surface area (Å²) in [6, 6.07) is 9.85. The molecule has 1 aromatic carbocycles. The molecular weight excluding hydrogens is 274 g/mol. The van der Waals surface area contributed by atoms with Crippen molar-refractivity contribution in [3.05, 3.63) is 53.9 Å². The molecule has 0 bridgehead atoms. The summed E-state index contributed by atoms with van der Waals surface area (Å²) in [7, 11) is 0. The zero-order valence-electron chi connectivity index (χ0n) is 13.0. The van der Waals surface area contributed by atoms with E-state index in [0.29, 0.717) is 0 Å². The van der Waals surface area contributed by atoms with E-state index in [2.05, 4.69) is 22.6 Å². The minimum atomic E-state index is 0.0681. The van der Waals surface area contributed by atoms with Crippen LogP contribution in [0.2, 0.25) is 0 Å². The lowest BCUT2D eigenvalue weighted by Crippen LogP contribution is -2.24. The van der Waals surface area contributed by atoms with Crippen molar-refractivity contribution < 1.29 is 4.79 Å². The summed E-state index contributed by atoms with van der Waals surface area (Å²) in [5, 5.41) is 7.60. The molecule has 0 saturated carbocycles. The van der Waals surface area contributed by atoms with Crippen molar-refractivity contribution in [1.29, 1.82) is 0 Å². The molecule has 1 aliphatic rings. The van der Waals surface area contributed by atoms with Crippen LogP contribution in [-0.4, -0.2) is 15.7 Å². The molecular formula is C18H21N3O. The van der Waals surface area contributed by atoms with E-state index in [-0.39, 0.29) is 11.8 Å². The van der Waals surface area contributed by atoms with Crippen molar-refractivity contribution in [1.82, 2.24) is 9.78 Å². The van der Waals surface area contributed by atoms with E-state index in [0.717, 1.165) is 42.0 Å².